The smallest absolute Gasteiger partial charge is 0.223 e. The Balaban J connectivity index is 0.00000441. The highest BCUT2D eigenvalue weighted by Gasteiger charge is 2.02. The minimum atomic E-state index is 0. The van der Waals surface area contributed by atoms with E-state index >= 15 is 0 Å². The molecular formula is C14H28IN5O2. The minimum Gasteiger partial charge on any atom is -0.381 e. The van der Waals surface area contributed by atoms with Gasteiger partial charge in [-0.25, -0.2) is 4.99 Å². The van der Waals surface area contributed by atoms with Crippen LogP contribution in [0.25, 0.3) is 0 Å². The number of rotatable bonds is 10. The van der Waals surface area contributed by atoms with Crippen molar-refractivity contribution in [3.05, 3.63) is 11.7 Å². The van der Waals surface area contributed by atoms with Crippen molar-refractivity contribution in [2.24, 2.45) is 4.99 Å². The number of hydrogen-bond donors (Lipinski definition) is 2. The molecule has 0 aromatic carbocycles. The quantitative estimate of drug-likeness (QED) is 0.259. The molecule has 1 heterocycles. The molecule has 0 saturated carbocycles. The van der Waals surface area contributed by atoms with E-state index < -0.39 is 0 Å². The summed E-state index contributed by atoms with van der Waals surface area (Å²) >= 11 is 0. The fourth-order valence-electron chi connectivity index (χ4n) is 1.63. The highest BCUT2D eigenvalue weighted by atomic mass is 127. The first-order chi connectivity index (χ1) is 10.3. The monoisotopic (exact) mass is 425 g/mol. The summed E-state index contributed by atoms with van der Waals surface area (Å²) in [4.78, 5) is 8.53. The molecular weight excluding hydrogens is 397 g/mol. The molecule has 0 aliphatic heterocycles. The molecule has 0 atom stereocenters. The largest absolute Gasteiger partial charge is 0.381 e. The highest BCUT2D eigenvalue weighted by molar-refractivity contribution is 14.0. The maximum absolute atomic E-state index is 5.52. The van der Waals surface area contributed by atoms with Crippen molar-refractivity contribution in [1.82, 2.24) is 20.8 Å². The number of hydrogen-bond acceptors (Lipinski definition) is 5. The first-order valence-electron chi connectivity index (χ1n) is 7.65. The van der Waals surface area contributed by atoms with Gasteiger partial charge < -0.3 is 19.9 Å². The molecule has 0 aliphatic carbocycles. The topological polar surface area (TPSA) is 84.6 Å². The molecule has 0 radical (unpaired) electrons. The number of ether oxygens (including phenoxy) is 1. The molecule has 1 rings (SSSR count). The van der Waals surface area contributed by atoms with Crippen LogP contribution in [-0.4, -0.2) is 42.4 Å². The Morgan fingerprint density at radius 1 is 1.23 bits per heavy atom. The third-order valence-corrected chi connectivity index (χ3v) is 2.69. The molecule has 0 saturated heterocycles. The van der Waals surface area contributed by atoms with E-state index in [-0.39, 0.29) is 24.0 Å². The van der Waals surface area contributed by atoms with Crippen LogP contribution in [0.5, 0.6) is 0 Å². The Bertz CT molecular complexity index is 412. The normalized spacial score (nSPS) is 11.1. The summed E-state index contributed by atoms with van der Waals surface area (Å²) in [5.74, 6) is 1.91. The van der Waals surface area contributed by atoms with Crippen molar-refractivity contribution in [2.45, 2.75) is 46.6 Å². The molecule has 0 aliphatic rings. The van der Waals surface area contributed by atoms with Crippen LogP contribution in [0.3, 0.4) is 0 Å². The molecule has 0 unspecified atom stereocenters. The average Bonchev–Trinajstić information content (AvgIpc) is 2.89. The Kier molecular flexibility index (Phi) is 13.2. The van der Waals surface area contributed by atoms with E-state index in [1.54, 1.807) is 6.92 Å². The standard InChI is InChI=1S/C14H27N5O2.HI/c1-4-6-9-20-10-7-8-16-14(15-5-2)17-11-13-18-12(3)21-19-13;/h4-11H2,1-3H3,(H2,15,16,17);1H. The van der Waals surface area contributed by atoms with Gasteiger partial charge in [-0.05, 0) is 19.8 Å². The van der Waals surface area contributed by atoms with Gasteiger partial charge in [0.25, 0.3) is 0 Å². The lowest BCUT2D eigenvalue weighted by Crippen LogP contribution is -2.38. The van der Waals surface area contributed by atoms with E-state index in [1.165, 1.54) is 6.42 Å². The molecule has 0 spiro atoms. The van der Waals surface area contributed by atoms with Gasteiger partial charge in [-0.2, -0.15) is 4.98 Å². The van der Waals surface area contributed by atoms with Gasteiger partial charge in [0.15, 0.2) is 11.8 Å². The Morgan fingerprint density at radius 2 is 2.00 bits per heavy atom. The number of aryl methyl sites for hydroxylation is 1. The summed E-state index contributed by atoms with van der Waals surface area (Å²) in [5.41, 5.74) is 0. The second-order valence-corrected chi connectivity index (χ2v) is 4.67. The maximum atomic E-state index is 5.52. The number of unbranched alkanes of at least 4 members (excludes halogenated alkanes) is 1. The molecule has 0 fully saturated rings. The summed E-state index contributed by atoms with van der Waals surface area (Å²) < 4.78 is 10.4. The number of halogens is 1. The predicted octanol–water partition coefficient (Wildman–Crippen LogP) is 2.26. The van der Waals surface area contributed by atoms with Crippen LogP contribution in [0.4, 0.5) is 0 Å². The van der Waals surface area contributed by atoms with Crippen molar-refractivity contribution in [2.75, 3.05) is 26.3 Å². The van der Waals surface area contributed by atoms with Gasteiger partial charge in [-0.1, -0.05) is 18.5 Å². The number of aromatic nitrogens is 2. The Labute approximate surface area is 149 Å². The van der Waals surface area contributed by atoms with Crippen LogP contribution in [0.15, 0.2) is 9.52 Å². The van der Waals surface area contributed by atoms with Crippen molar-refractivity contribution < 1.29 is 9.26 Å². The molecule has 1 aromatic heterocycles. The summed E-state index contributed by atoms with van der Waals surface area (Å²) in [6.45, 7) is 9.62. The zero-order valence-corrected chi connectivity index (χ0v) is 16.1. The van der Waals surface area contributed by atoms with Crippen LogP contribution in [0, 0.1) is 6.92 Å². The number of aliphatic imine (C=N–C) groups is 1. The second kappa shape index (κ2) is 13.7. The van der Waals surface area contributed by atoms with Gasteiger partial charge in [-0.15, -0.1) is 24.0 Å². The fraction of sp³-hybridized carbons (Fsp3) is 0.786. The lowest BCUT2D eigenvalue weighted by Gasteiger charge is -2.10. The highest BCUT2D eigenvalue weighted by Crippen LogP contribution is 1.96. The van der Waals surface area contributed by atoms with Gasteiger partial charge in [0.2, 0.25) is 5.89 Å². The first kappa shape index (κ1) is 21.1. The maximum Gasteiger partial charge on any atom is 0.223 e. The molecule has 1 aromatic rings. The summed E-state index contributed by atoms with van der Waals surface area (Å²) in [5, 5.41) is 10.3. The number of nitrogens with zero attached hydrogens (tertiary/aromatic N) is 3. The zero-order chi connectivity index (χ0) is 15.3. The molecule has 22 heavy (non-hydrogen) atoms. The van der Waals surface area contributed by atoms with E-state index in [9.17, 15) is 0 Å². The fourth-order valence-corrected chi connectivity index (χ4v) is 1.63. The number of nitrogens with one attached hydrogen (secondary N) is 2. The molecule has 0 amide bonds. The third-order valence-electron chi connectivity index (χ3n) is 2.69. The third kappa shape index (κ3) is 9.93. The zero-order valence-electron chi connectivity index (χ0n) is 13.7. The summed E-state index contributed by atoms with van der Waals surface area (Å²) in [6, 6.07) is 0. The van der Waals surface area contributed by atoms with Crippen molar-refractivity contribution in [3.63, 3.8) is 0 Å². The van der Waals surface area contributed by atoms with Crippen molar-refractivity contribution in [1.29, 1.82) is 0 Å². The Hall–Kier alpha value is -0.900. The van der Waals surface area contributed by atoms with Crippen LogP contribution < -0.4 is 10.6 Å². The first-order valence-corrected chi connectivity index (χ1v) is 7.65. The van der Waals surface area contributed by atoms with Crippen LogP contribution in [-0.2, 0) is 11.3 Å². The van der Waals surface area contributed by atoms with E-state index in [0.29, 0.717) is 18.3 Å². The summed E-state index contributed by atoms with van der Waals surface area (Å²) in [6.07, 6.45) is 3.25. The molecule has 2 N–H and O–H groups in total. The van der Waals surface area contributed by atoms with Gasteiger partial charge in [0, 0.05) is 33.2 Å². The van der Waals surface area contributed by atoms with Crippen LogP contribution >= 0.6 is 24.0 Å². The lowest BCUT2D eigenvalue weighted by molar-refractivity contribution is 0.129. The minimum absolute atomic E-state index is 0. The van der Waals surface area contributed by atoms with Gasteiger partial charge in [0.1, 0.15) is 6.54 Å². The van der Waals surface area contributed by atoms with E-state index in [0.717, 1.165) is 45.1 Å². The molecule has 0 bridgehead atoms. The van der Waals surface area contributed by atoms with E-state index in [4.69, 9.17) is 9.26 Å². The Morgan fingerprint density at radius 3 is 2.64 bits per heavy atom. The summed E-state index contributed by atoms with van der Waals surface area (Å²) in [7, 11) is 0. The second-order valence-electron chi connectivity index (χ2n) is 4.67. The van der Waals surface area contributed by atoms with Crippen molar-refractivity contribution in [3.8, 4) is 0 Å². The van der Waals surface area contributed by atoms with E-state index in [2.05, 4.69) is 32.7 Å². The molecule has 7 nitrogen and oxygen atoms in total. The predicted molar refractivity (Wildman–Crippen MR) is 97.6 cm³/mol. The molecule has 128 valence electrons. The number of guanidine groups is 1. The SMILES string of the molecule is CCCCOCCCNC(=NCc1noc(C)n1)NCC.I. The van der Waals surface area contributed by atoms with Crippen molar-refractivity contribution >= 4 is 29.9 Å². The van der Waals surface area contributed by atoms with Crippen LogP contribution in [0.2, 0.25) is 0 Å². The lowest BCUT2D eigenvalue weighted by atomic mass is 10.4. The average molecular weight is 425 g/mol. The van der Waals surface area contributed by atoms with Gasteiger partial charge in [-0.3, -0.25) is 0 Å². The van der Waals surface area contributed by atoms with Crippen LogP contribution in [0.1, 0.15) is 44.8 Å². The van der Waals surface area contributed by atoms with Gasteiger partial charge in [0.05, 0.1) is 0 Å². The van der Waals surface area contributed by atoms with Gasteiger partial charge >= 0.3 is 0 Å². The van der Waals surface area contributed by atoms with E-state index in [1.807, 2.05) is 6.92 Å². The molecule has 8 heteroatoms.